The van der Waals surface area contributed by atoms with E-state index in [1.807, 2.05) is 50.5 Å². The summed E-state index contributed by atoms with van der Waals surface area (Å²) in [5.41, 5.74) is 41.5. The number of benzene rings is 8. The predicted octanol–water partition coefficient (Wildman–Crippen LogP) is 20.9. The Morgan fingerprint density at radius 2 is 0.612 bits per heavy atom. The Morgan fingerprint density at radius 3 is 1.02 bits per heavy atom. The molecular formula is C94H100N4+4. The minimum Gasteiger partial charge on any atom is -0.201 e. The third kappa shape index (κ3) is 10.7. The molecule has 16 rings (SSSR count). The van der Waals surface area contributed by atoms with E-state index < -0.39 is 6.85 Å². The highest BCUT2D eigenvalue weighted by atomic mass is 14.9. The van der Waals surface area contributed by atoms with Gasteiger partial charge in [-0.1, -0.05) is 191 Å². The number of fused-ring (bicyclic) bond motifs is 12. The third-order valence-electron chi connectivity index (χ3n) is 22.7. The number of pyridine rings is 4. The maximum atomic E-state index is 8.15. The van der Waals surface area contributed by atoms with Gasteiger partial charge in [0, 0.05) is 74.3 Å². The van der Waals surface area contributed by atoms with E-state index in [1.54, 1.807) is 0 Å². The van der Waals surface area contributed by atoms with Crippen molar-refractivity contribution in [2.24, 2.45) is 28.2 Å². The lowest BCUT2D eigenvalue weighted by Gasteiger charge is -2.25. The molecule has 0 saturated heterocycles. The average molecular weight is 1290 g/mol. The third-order valence-corrected chi connectivity index (χ3v) is 22.7. The SMILES string of the molecule is CCc1cc(C)c(-c2cccc[n+]2C)c2c1-c1ccccc1C2(C)C.CCc1cc2c(c(-c3cccc[n+]3C)c1C)C(C)(C)c1ccccc1-2.Cc1cc2c(c(-c3cccc[n+]3C)c1C)C(C)(C)c1ccccc1-2.[2H]C([2H])([2H])c1cc(C)c(-c2cccc[n+]2C)c2c1-c1ccccc1C2(C)C. The molecule has 0 N–H and O–H groups in total. The van der Waals surface area contributed by atoms with Crippen LogP contribution >= 0.6 is 0 Å². The lowest BCUT2D eigenvalue weighted by atomic mass is 9.77. The summed E-state index contributed by atoms with van der Waals surface area (Å²) in [7, 11) is 8.46. The van der Waals surface area contributed by atoms with E-state index in [2.05, 4.69) is 319 Å². The Morgan fingerprint density at radius 1 is 0.286 bits per heavy atom. The minimum atomic E-state index is -2.15. The maximum Gasteiger partial charge on any atom is 0.212 e. The Kier molecular flexibility index (Phi) is 16.3. The molecule has 98 heavy (non-hydrogen) atoms. The highest BCUT2D eigenvalue weighted by Crippen LogP contribution is 2.58. The van der Waals surface area contributed by atoms with Crippen LogP contribution in [0.1, 0.15) is 162 Å². The molecule has 0 atom stereocenters. The molecule has 0 aliphatic heterocycles. The Labute approximate surface area is 589 Å². The fourth-order valence-corrected chi connectivity index (χ4v) is 17.7. The van der Waals surface area contributed by atoms with Crippen LogP contribution in [-0.4, -0.2) is 0 Å². The van der Waals surface area contributed by atoms with Gasteiger partial charge < -0.3 is 0 Å². The molecule has 0 saturated carbocycles. The summed E-state index contributed by atoms with van der Waals surface area (Å²) in [5, 5.41) is 0. The molecule has 0 radical (unpaired) electrons. The lowest BCUT2D eigenvalue weighted by Crippen LogP contribution is -2.31. The molecule has 4 aliphatic carbocycles. The summed E-state index contributed by atoms with van der Waals surface area (Å²) in [6.45, 7) is 32.1. The molecule has 0 bridgehead atoms. The number of nitrogens with zero attached hydrogens (tertiary/aromatic N) is 4. The molecular weight excluding hydrogens is 1190 g/mol. The number of aromatic nitrogens is 4. The Balaban J connectivity index is 0.000000120. The molecule has 492 valence electrons. The highest BCUT2D eigenvalue weighted by molar-refractivity contribution is 5.94. The zero-order valence-electron chi connectivity index (χ0n) is 64.5. The molecule has 4 heteroatoms. The molecule has 0 fully saturated rings. The second-order valence-corrected chi connectivity index (χ2v) is 30.1. The van der Waals surface area contributed by atoms with Crippen LogP contribution in [0.25, 0.3) is 89.5 Å². The van der Waals surface area contributed by atoms with E-state index in [0.717, 1.165) is 46.4 Å². The first-order valence-corrected chi connectivity index (χ1v) is 35.4. The summed E-state index contributed by atoms with van der Waals surface area (Å²) in [6.07, 6.45) is 10.6. The van der Waals surface area contributed by atoms with Crippen LogP contribution in [0.2, 0.25) is 0 Å². The van der Waals surface area contributed by atoms with E-state index in [9.17, 15) is 0 Å². The van der Waals surface area contributed by atoms with Crippen LogP contribution in [0.15, 0.2) is 219 Å². The van der Waals surface area contributed by atoms with Gasteiger partial charge >= 0.3 is 0 Å². The van der Waals surface area contributed by atoms with Gasteiger partial charge in [-0.25, -0.2) is 18.3 Å². The van der Waals surface area contributed by atoms with Crippen molar-refractivity contribution in [3.8, 4) is 89.5 Å². The minimum absolute atomic E-state index is 0.0139. The highest BCUT2D eigenvalue weighted by Gasteiger charge is 2.45. The van der Waals surface area contributed by atoms with E-state index in [0.29, 0.717) is 5.56 Å². The van der Waals surface area contributed by atoms with E-state index in [1.165, 1.54) is 139 Å². The van der Waals surface area contributed by atoms with Gasteiger partial charge in [-0.2, -0.15) is 0 Å². The number of rotatable bonds is 6. The fraction of sp³-hybridized carbons (Fsp3) is 0.277. The van der Waals surface area contributed by atoms with Crippen molar-refractivity contribution in [2.45, 2.75) is 145 Å². The molecule has 4 nitrogen and oxygen atoms in total. The molecule has 8 aromatic carbocycles. The number of aryl methyl sites for hydroxylation is 10. The van der Waals surface area contributed by atoms with Crippen LogP contribution in [0.3, 0.4) is 0 Å². The molecule has 12 aromatic rings. The zero-order chi connectivity index (χ0) is 72.2. The molecule has 0 spiro atoms. The Bertz CT molecular complexity index is 5310. The van der Waals surface area contributed by atoms with Crippen LogP contribution in [0.5, 0.6) is 0 Å². The first-order chi connectivity index (χ1) is 48.0. The summed E-state index contributed by atoms with van der Waals surface area (Å²) in [4.78, 5) is 0. The van der Waals surface area contributed by atoms with Gasteiger partial charge in [0.25, 0.3) is 0 Å². The second kappa shape index (κ2) is 25.3. The molecule has 4 aromatic heterocycles. The number of hydrogen-bond donors (Lipinski definition) is 0. The lowest BCUT2D eigenvalue weighted by molar-refractivity contribution is -0.660. The van der Waals surface area contributed by atoms with Gasteiger partial charge in [0.15, 0.2) is 24.8 Å². The summed E-state index contributed by atoms with van der Waals surface area (Å²) < 4.78 is 33.3. The topological polar surface area (TPSA) is 15.5 Å². The van der Waals surface area contributed by atoms with Gasteiger partial charge in [-0.3, -0.25) is 0 Å². The first kappa shape index (κ1) is 63.1. The molecule has 0 unspecified atom stereocenters. The molecule has 0 amide bonds. The number of hydrogen-bond acceptors (Lipinski definition) is 0. The normalized spacial score (nSPS) is 14.9. The van der Waals surface area contributed by atoms with Crippen molar-refractivity contribution in [1.29, 1.82) is 0 Å². The van der Waals surface area contributed by atoms with E-state index >= 15 is 0 Å². The predicted molar refractivity (Wildman–Crippen MR) is 410 cm³/mol. The second-order valence-electron chi connectivity index (χ2n) is 30.1. The Hall–Kier alpha value is -9.64. The fourth-order valence-electron chi connectivity index (χ4n) is 17.7. The van der Waals surface area contributed by atoms with E-state index in [4.69, 9.17) is 4.11 Å². The van der Waals surface area contributed by atoms with Crippen molar-refractivity contribution in [2.75, 3.05) is 0 Å². The van der Waals surface area contributed by atoms with Crippen LogP contribution in [0.4, 0.5) is 0 Å². The largest absolute Gasteiger partial charge is 0.212 e. The molecule has 4 aliphatic rings. The van der Waals surface area contributed by atoms with Gasteiger partial charge in [0.1, 0.15) is 28.2 Å². The standard InChI is InChI=1S/2C24H26N.2C23H24N/c1-6-17-15-19-18-11-7-8-12-20(18)24(3,4)23(19)22(16(17)2)21-13-9-10-14-25(21)5;1-6-17-15-16(2)21(20-13-9-10-14-25(20)5)23-22(17)18-11-7-8-12-19(18)24(23,3)4;1-15-14-18-17-10-6-7-11-19(17)23(3,4)22(18)21(16(15)2)20-12-8-9-13-24(20)5;1-15-14-16(2)21(19-12-8-9-13-24(19)5)22-20(15)17-10-6-7-11-18(17)23(22,3)4/h2*7-15H,6H2,1-5H3;2*6-14H,1-5H3/q4*+1/i;;;1D3. The molecule has 4 heterocycles. The summed E-state index contributed by atoms with van der Waals surface area (Å²) >= 11 is 0. The maximum absolute atomic E-state index is 8.15. The van der Waals surface area contributed by atoms with Crippen molar-refractivity contribution in [3.05, 3.63) is 308 Å². The van der Waals surface area contributed by atoms with Gasteiger partial charge in [-0.15, -0.1) is 0 Å². The van der Waals surface area contributed by atoms with Crippen LogP contribution < -0.4 is 18.3 Å². The summed E-state index contributed by atoms with van der Waals surface area (Å²) in [5.74, 6) is 0. The van der Waals surface area contributed by atoms with Crippen molar-refractivity contribution < 1.29 is 22.4 Å². The van der Waals surface area contributed by atoms with Crippen LogP contribution in [-0.2, 0) is 62.7 Å². The van der Waals surface area contributed by atoms with Gasteiger partial charge in [-0.05, 0) is 212 Å². The van der Waals surface area contributed by atoms with Crippen molar-refractivity contribution in [3.63, 3.8) is 0 Å². The monoisotopic (exact) mass is 1290 g/mol. The summed E-state index contributed by atoms with van der Waals surface area (Å²) in [6, 6.07) is 69.6. The smallest absolute Gasteiger partial charge is 0.201 e. The van der Waals surface area contributed by atoms with Crippen molar-refractivity contribution in [1.82, 2.24) is 0 Å². The first-order valence-electron chi connectivity index (χ1n) is 36.9. The van der Waals surface area contributed by atoms with E-state index in [-0.39, 0.29) is 21.7 Å². The van der Waals surface area contributed by atoms with Gasteiger partial charge in [0.2, 0.25) is 22.8 Å². The quantitative estimate of drug-likeness (QED) is 0.148. The van der Waals surface area contributed by atoms with Gasteiger partial charge in [0.05, 0.1) is 22.3 Å². The van der Waals surface area contributed by atoms with Crippen LogP contribution in [0, 0.1) is 41.5 Å². The zero-order valence-corrected chi connectivity index (χ0v) is 61.5. The van der Waals surface area contributed by atoms with Crippen molar-refractivity contribution >= 4 is 0 Å². The average Bonchev–Trinajstić information content (AvgIpc) is 1.58.